The van der Waals surface area contributed by atoms with Gasteiger partial charge in [0.25, 0.3) is 0 Å². The largest absolute Gasteiger partial charge is 0.491 e. The first kappa shape index (κ1) is 19.0. The average Bonchev–Trinajstić information content (AvgIpc) is 2.66. The number of aliphatic hydroxyl groups is 1. The molecule has 0 saturated carbocycles. The molecule has 2 unspecified atom stereocenters. The van der Waals surface area contributed by atoms with E-state index in [9.17, 15) is 14.7 Å². The Hall–Kier alpha value is -2.31. The maximum absolute atomic E-state index is 11.7. The number of ether oxygens (including phenoxy) is 1. The zero-order valence-corrected chi connectivity index (χ0v) is 14.7. The number of carbonyl (C=O) groups excluding carboxylic acids is 2. The van der Waals surface area contributed by atoms with Gasteiger partial charge in [0.05, 0.1) is 5.25 Å². The molecule has 0 bridgehead atoms. The number of aliphatic hydroxyl groups excluding tert-OH is 1. The van der Waals surface area contributed by atoms with Crippen molar-refractivity contribution in [2.45, 2.75) is 17.8 Å². The molecule has 0 heterocycles. The monoisotopic (exact) mass is 359 g/mol. The summed E-state index contributed by atoms with van der Waals surface area (Å²) in [5.41, 5.74) is 2.42. The summed E-state index contributed by atoms with van der Waals surface area (Å²) >= 11 is 0.963. The molecular formula is C19H21NO4S. The number of carbonyl (C=O) groups is 2. The molecule has 6 heteroatoms. The Bertz CT molecular complexity index is 676. The molecular weight excluding hydrogens is 338 g/mol. The van der Waals surface area contributed by atoms with Crippen molar-refractivity contribution in [3.63, 3.8) is 0 Å². The summed E-state index contributed by atoms with van der Waals surface area (Å²) in [7, 11) is 1.55. The Morgan fingerprint density at radius 3 is 2.48 bits per heavy atom. The van der Waals surface area contributed by atoms with Crippen LogP contribution in [0.3, 0.4) is 0 Å². The zero-order chi connectivity index (χ0) is 18.1. The summed E-state index contributed by atoms with van der Waals surface area (Å²) in [6.45, 7) is 0.158. The van der Waals surface area contributed by atoms with Crippen LogP contribution in [-0.4, -0.2) is 35.5 Å². The normalized spacial score (nSPS) is 12.9. The van der Waals surface area contributed by atoms with E-state index in [4.69, 9.17) is 4.74 Å². The zero-order valence-electron chi connectivity index (χ0n) is 13.9. The SMILES string of the molecule is CNC(=O)C(Cc1ccc(OCC(O)c2ccccc2)cc1)SC=O. The molecule has 5 nitrogen and oxygen atoms in total. The highest BCUT2D eigenvalue weighted by Crippen LogP contribution is 2.20. The summed E-state index contributed by atoms with van der Waals surface area (Å²) in [6, 6.07) is 16.6. The van der Waals surface area contributed by atoms with Crippen LogP contribution in [0.5, 0.6) is 5.75 Å². The highest BCUT2D eigenvalue weighted by molar-refractivity contribution is 8.13. The lowest BCUT2D eigenvalue weighted by molar-refractivity contribution is -0.120. The molecule has 2 rings (SSSR count). The molecule has 0 aromatic heterocycles. The first-order valence-corrected chi connectivity index (χ1v) is 8.83. The van der Waals surface area contributed by atoms with Gasteiger partial charge in [-0.3, -0.25) is 9.59 Å². The van der Waals surface area contributed by atoms with E-state index in [0.29, 0.717) is 17.8 Å². The summed E-state index contributed by atoms with van der Waals surface area (Å²) in [4.78, 5) is 22.4. The molecule has 132 valence electrons. The lowest BCUT2D eigenvalue weighted by Gasteiger charge is -2.14. The van der Waals surface area contributed by atoms with Crippen LogP contribution < -0.4 is 10.1 Å². The number of rotatable bonds is 9. The lowest BCUT2D eigenvalue weighted by Crippen LogP contribution is -2.31. The van der Waals surface area contributed by atoms with Crippen LogP contribution in [0, 0.1) is 0 Å². The summed E-state index contributed by atoms with van der Waals surface area (Å²) < 4.78 is 5.61. The van der Waals surface area contributed by atoms with Crippen molar-refractivity contribution in [1.82, 2.24) is 5.32 Å². The molecule has 2 N–H and O–H groups in total. The minimum Gasteiger partial charge on any atom is -0.491 e. The van der Waals surface area contributed by atoms with E-state index in [2.05, 4.69) is 5.32 Å². The molecule has 0 aliphatic heterocycles. The van der Waals surface area contributed by atoms with E-state index >= 15 is 0 Å². The van der Waals surface area contributed by atoms with Gasteiger partial charge in [0.15, 0.2) is 5.62 Å². The van der Waals surface area contributed by atoms with Crippen LogP contribution in [0.15, 0.2) is 54.6 Å². The number of hydrogen-bond donors (Lipinski definition) is 2. The number of nitrogens with one attached hydrogen (secondary N) is 1. The average molecular weight is 359 g/mol. The van der Waals surface area contributed by atoms with E-state index < -0.39 is 11.4 Å². The molecule has 2 aromatic rings. The second kappa shape index (κ2) is 9.86. The molecule has 0 fully saturated rings. The predicted molar refractivity (Wildman–Crippen MR) is 99.2 cm³/mol. The molecule has 0 aliphatic rings. The molecule has 0 radical (unpaired) electrons. The van der Waals surface area contributed by atoms with Gasteiger partial charge in [-0.2, -0.15) is 0 Å². The number of thioether (sulfide) groups is 1. The molecule has 1 amide bonds. The van der Waals surface area contributed by atoms with Crippen molar-refractivity contribution in [1.29, 1.82) is 0 Å². The van der Waals surface area contributed by atoms with Gasteiger partial charge in [-0.05, 0) is 29.7 Å². The van der Waals surface area contributed by atoms with Gasteiger partial charge in [0, 0.05) is 7.05 Å². The first-order valence-electron chi connectivity index (χ1n) is 7.89. The second-order valence-corrected chi connectivity index (χ2v) is 6.45. The lowest BCUT2D eigenvalue weighted by atomic mass is 10.1. The number of hydrogen-bond acceptors (Lipinski definition) is 5. The van der Waals surface area contributed by atoms with Gasteiger partial charge in [0.2, 0.25) is 5.91 Å². The van der Waals surface area contributed by atoms with Crippen LogP contribution in [0.4, 0.5) is 0 Å². The third-order valence-corrected chi connectivity index (χ3v) is 4.52. The Labute approximate surface area is 151 Å². The van der Waals surface area contributed by atoms with E-state index in [-0.39, 0.29) is 12.5 Å². The molecule has 0 saturated heterocycles. The minimum atomic E-state index is -0.692. The molecule has 25 heavy (non-hydrogen) atoms. The molecule has 0 aliphatic carbocycles. The van der Waals surface area contributed by atoms with E-state index in [1.54, 1.807) is 19.2 Å². The maximum atomic E-state index is 11.7. The Morgan fingerprint density at radius 2 is 1.88 bits per heavy atom. The van der Waals surface area contributed by atoms with Gasteiger partial charge in [-0.15, -0.1) is 0 Å². The highest BCUT2D eigenvalue weighted by Gasteiger charge is 2.18. The molecule has 2 atom stereocenters. The van der Waals surface area contributed by atoms with E-state index in [1.807, 2.05) is 42.5 Å². The summed E-state index contributed by atoms with van der Waals surface area (Å²) in [6.07, 6.45) is -0.238. The van der Waals surface area contributed by atoms with Gasteiger partial charge in [0.1, 0.15) is 18.5 Å². The number of benzene rings is 2. The fourth-order valence-electron chi connectivity index (χ4n) is 2.31. The Kier molecular flexibility index (Phi) is 7.50. The summed E-state index contributed by atoms with van der Waals surface area (Å²) in [5.74, 6) is 0.460. The summed E-state index contributed by atoms with van der Waals surface area (Å²) in [5, 5.41) is 12.2. The van der Waals surface area contributed by atoms with Gasteiger partial charge in [-0.25, -0.2) is 0 Å². The van der Waals surface area contributed by atoms with Crippen molar-refractivity contribution in [3.8, 4) is 5.75 Å². The van der Waals surface area contributed by atoms with Crippen molar-refractivity contribution >= 4 is 23.3 Å². The third kappa shape index (κ3) is 5.92. The van der Waals surface area contributed by atoms with Gasteiger partial charge >= 0.3 is 0 Å². The van der Waals surface area contributed by atoms with E-state index in [0.717, 1.165) is 22.9 Å². The maximum Gasteiger partial charge on any atom is 0.233 e. The van der Waals surface area contributed by atoms with Crippen LogP contribution in [0.1, 0.15) is 17.2 Å². The van der Waals surface area contributed by atoms with Crippen LogP contribution in [0.25, 0.3) is 0 Å². The van der Waals surface area contributed by atoms with Gasteiger partial charge in [-0.1, -0.05) is 54.2 Å². The van der Waals surface area contributed by atoms with Gasteiger partial charge < -0.3 is 15.2 Å². The van der Waals surface area contributed by atoms with Crippen molar-refractivity contribution < 1.29 is 19.4 Å². The fourth-order valence-corrected chi connectivity index (χ4v) is 2.98. The van der Waals surface area contributed by atoms with Crippen molar-refractivity contribution in [2.75, 3.05) is 13.7 Å². The van der Waals surface area contributed by atoms with Crippen LogP contribution >= 0.6 is 11.8 Å². The van der Waals surface area contributed by atoms with Crippen LogP contribution in [0.2, 0.25) is 0 Å². The fraction of sp³-hybridized carbons (Fsp3) is 0.263. The van der Waals surface area contributed by atoms with Crippen molar-refractivity contribution in [2.24, 2.45) is 0 Å². The topological polar surface area (TPSA) is 75.6 Å². The van der Waals surface area contributed by atoms with E-state index in [1.165, 1.54) is 0 Å². The smallest absolute Gasteiger partial charge is 0.233 e. The standard InChI is InChI=1S/C19H21NO4S/c1-20-19(23)18(25-13-21)11-14-7-9-16(10-8-14)24-12-17(22)15-5-3-2-4-6-15/h2-10,13,17-18,22H,11-12H2,1H3,(H,20,23). The predicted octanol–water partition coefficient (Wildman–Crippen LogP) is 2.38. The first-order chi connectivity index (χ1) is 12.1. The molecule has 0 spiro atoms. The number of amides is 1. The quantitative estimate of drug-likeness (QED) is 0.673. The minimum absolute atomic E-state index is 0.158. The molecule has 2 aromatic carbocycles. The Balaban J connectivity index is 1.90. The second-order valence-electron chi connectivity index (χ2n) is 5.42. The van der Waals surface area contributed by atoms with Crippen LogP contribution in [-0.2, 0) is 16.0 Å². The highest BCUT2D eigenvalue weighted by atomic mass is 32.2. The third-order valence-electron chi connectivity index (χ3n) is 3.70. The Morgan fingerprint density at radius 1 is 1.20 bits per heavy atom. The van der Waals surface area contributed by atoms with Crippen molar-refractivity contribution in [3.05, 3.63) is 65.7 Å².